The molecule has 2 rings (SSSR count). The van der Waals surface area contributed by atoms with Gasteiger partial charge < -0.3 is 10.0 Å². The standard InChI is InChI=1S/C15H16BrN3O3/c1-2-6-18(10-14(20)21)15(22)11-8-17-19(9-11)13-5-3-4-12(16)7-13/h3-5,7-9H,2,6,10H2,1H3,(H,20,21). The molecule has 0 saturated heterocycles. The third-order valence-electron chi connectivity index (χ3n) is 3.01. The number of amides is 1. The average Bonchev–Trinajstić information content (AvgIpc) is 2.95. The summed E-state index contributed by atoms with van der Waals surface area (Å²) in [7, 11) is 0. The number of carboxylic acid groups (broad SMARTS) is 1. The van der Waals surface area contributed by atoms with Gasteiger partial charge in [0.1, 0.15) is 6.54 Å². The van der Waals surface area contributed by atoms with Crippen molar-refractivity contribution in [2.75, 3.05) is 13.1 Å². The molecule has 1 amide bonds. The maximum atomic E-state index is 12.4. The number of rotatable bonds is 6. The van der Waals surface area contributed by atoms with Gasteiger partial charge in [0.2, 0.25) is 0 Å². The Labute approximate surface area is 136 Å². The summed E-state index contributed by atoms with van der Waals surface area (Å²) in [6.07, 6.45) is 3.75. The molecule has 1 heterocycles. The Balaban J connectivity index is 2.22. The molecule has 1 aromatic carbocycles. The minimum Gasteiger partial charge on any atom is -0.480 e. The second kappa shape index (κ2) is 7.22. The lowest BCUT2D eigenvalue weighted by Gasteiger charge is -2.18. The summed E-state index contributed by atoms with van der Waals surface area (Å²) in [4.78, 5) is 24.6. The summed E-state index contributed by atoms with van der Waals surface area (Å²) in [5, 5.41) is 13.1. The van der Waals surface area contributed by atoms with Crippen molar-refractivity contribution >= 4 is 27.8 Å². The molecule has 0 aliphatic heterocycles. The van der Waals surface area contributed by atoms with Gasteiger partial charge in [-0.05, 0) is 24.6 Å². The second-order valence-corrected chi connectivity index (χ2v) is 5.69. The Kier molecular flexibility index (Phi) is 5.32. The number of hydrogen-bond donors (Lipinski definition) is 1. The Morgan fingerprint density at radius 2 is 2.18 bits per heavy atom. The maximum absolute atomic E-state index is 12.4. The second-order valence-electron chi connectivity index (χ2n) is 4.77. The Morgan fingerprint density at radius 3 is 2.82 bits per heavy atom. The molecule has 0 spiro atoms. The van der Waals surface area contributed by atoms with Crippen molar-refractivity contribution in [2.24, 2.45) is 0 Å². The van der Waals surface area contributed by atoms with Gasteiger partial charge in [-0.25, -0.2) is 4.68 Å². The predicted molar refractivity (Wildman–Crippen MR) is 85.1 cm³/mol. The fraction of sp³-hybridized carbons (Fsp3) is 0.267. The fourth-order valence-electron chi connectivity index (χ4n) is 2.06. The van der Waals surface area contributed by atoms with Crippen LogP contribution in [0.4, 0.5) is 0 Å². The molecule has 22 heavy (non-hydrogen) atoms. The monoisotopic (exact) mass is 365 g/mol. The molecule has 116 valence electrons. The van der Waals surface area contributed by atoms with E-state index in [9.17, 15) is 9.59 Å². The summed E-state index contributed by atoms with van der Waals surface area (Å²) in [6, 6.07) is 7.51. The first kappa shape index (κ1) is 16.2. The first-order valence-corrected chi connectivity index (χ1v) is 7.62. The molecular weight excluding hydrogens is 350 g/mol. The van der Waals surface area contributed by atoms with Crippen LogP contribution in [0.2, 0.25) is 0 Å². The number of benzene rings is 1. The number of aromatic nitrogens is 2. The number of halogens is 1. The zero-order chi connectivity index (χ0) is 16.1. The quantitative estimate of drug-likeness (QED) is 0.853. The van der Waals surface area contributed by atoms with Crippen molar-refractivity contribution in [1.82, 2.24) is 14.7 Å². The van der Waals surface area contributed by atoms with Gasteiger partial charge in [0.15, 0.2) is 0 Å². The first-order valence-electron chi connectivity index (χ1n) is 6.83. The molecule has 1 N–H and O–H groups in total. The van der Waals surface area contributed by atoms with Crippen LogP contribution in [-0.4, -0.2) is 44.8 Å². The van der Waals surface area contributed by atoms with Crippen LogP contribution >= 0.6 is 15.9 Å². The van der Waals surface area contributed by atoms with Crippen molar-refractivity contribution in [3.63, 3.8) is 0 Å². The average molecular weight is 366 g/mol. The summed E-state index contributed by atoms with van der Waals surface area (Å²) in [5.41, 5.74) is 1.18. The van der Waals surface area contributed by atoms with E-state index in [2.05, 4.69) is 21.0 Å². The van der Waals surface area contributed by atoms with Gasteiger partial charge >= 0.3 is 5.97 Å². The molecule has 0 atom stereocenters. The van der Waals surface area contributed by atoms with E-state index in [-0.39, 0.29) is 12.5 Å². The lowest BCUT2D eigenvalue weighted by atomic mass is 10.3. The molecule has 0 aliphatic rings. The van der Waals surface area contributed by atoms with E-state index in [1.165, 1.54) is 11.1 Å². The lowest BCUT2D eigenvalue weighted by Crippen LogP contribution is -2.36. The Hall–Kier alpha value is -2.15. The molecule has 7 heteroatoms. The molecule has 2 aromatic rings. The lowest BCUT2D eigenvalue weighted by molar-refractivity contribution is -0.137. The van der Waals surface area contributed by atoms with Crippen molar-refractivity contribution in [1.29, 1.82) is 0 Å². The maximum Gasteiger partial charge on any atom is 0.323 e. The molecule has 0 aliphatic carbocycles. The van der Waals surface area contributed by atoms with Gasteiger partial charge in [-0.2, -0.15) is 5.10 Å². The largest absolute Gasteiger partial charge is 0.480 e. The minimum absolute atomic E-state index is 0.311. The van der Waals surface area contributed by atoms with Gasteiger partial charge in [0.05, 0.1) is 17.4 Å². The van der Waals surface area contributed by atoms with Crippen LogP contribution < -0.4 is 0 Å². The minimum atomic E-state index is -1.03. The van der Waals surface area contributed by atoms with Gasteiger partial charge in [-0.3, -0.25) is 9.59 Å². The fourth-order valence-corrected chi connectivity index (χ4v) is 2.45. The van der Waals surface area contributed by atoms with E-state index < -0.39 is 5.97 Å². The molecule has 0 bridgehead atoms. The van der Waals surface area contributed by atoms with Crippen molar-refractivity contribution in [3.8, 4) is 5.69 Å². The van der Waals surface area contributed by atoms with Crippen LogP contribution in [0.1, 0.15) is 23.7 Å². The highest BCUT2D eigenvalue weighted by Gasteiger charge is 2.19. The zero-order valence-electron chi connectivity index (χ0n) is 12.1. The van der Waals surface area contributed by atoms with Crippen LogP contribution in [0.5, 0.6) is 0 Å². The van der Waals surface area contributed by atoms with E-state index >= 15 is 0 Å². The molecule has 0 unspecified atom stereocenters. The number of hydrogen-bond acceptors (Lipinski definition) is 3. The van der Waals surface area contributed by atoms with Gasteiger partial charge in [0, 0.05) is 17.2 Å². The SMILES string of the molecule is CCCN(CC(=O)O)C(=O)c1cnn(-c2cccc(Br)c2)c1. The molecule has 1 aromatic heterocycles. The Bertz CT molecular complexity index is 684. The summed E-state index contributed by atoms with van der Waals surface area (Å²) < 4.78 is 2.50. The van der Waals surface area contributed by atoms with Gasteiger partial charge in [-0.1, -0.05) is 28.9 Å². The smallest absolute Gasteiger partial charge is 0.323 e. The Morgan fingerprint density at radius 1 is 1.41 bits per heavy atom. The van der Waals surface area contributed by atoms with Gasteiger partial charge in [-0.15, -0.1) is 0 Å². The molecular formula is C15H16BrN3O3. The summed E-state index contributed by atoms with van der Waals surface area (Å²) in [5.74, 6) is -1.35. The number of nitrogens with zero attached hydrogens (tertiary/aromatic N) is 3. The number of carboxylic acids is 1. The highest BCUT2D eigenvalue weighted by atomic mass is 79.9. The van der Waals surface area contributed by atoms with E-state index in [0.717, 1.165) is 10.2 Å². The van der Waals surface area contributed by atoms with E-state index in [4.69, 9.17) is 5.11 Å². The molecule has 0 radical (unpaired) electrons. The summed E-state index contributed by atoms with van der Waals surface area (Å²) in [6.45, 7) is 1.98. The molecule has 6 nitrogen and oxygen atoms in total. The van der Waals surface area contributed by atoms with E-state index in [1.807, 2.05) is 31.2 Å². The third-order valence-corrected chi connectivity index (χ3v) is 3.50. The topological polar surface area (TPSA) is 75.4 Å². The van der Waals surface area contributed by atoms with Crippen LogP contribution in [0, 0.1) is 0 Å². The van der Waals surface area contributed by atoms with Crippen LogP contribution in [0.25, 0.3) is 5.69 Å². The van der Waals surface area contributed by atoms with Crippen molar-refractivity contribution in [3.05, 3.63) is 46.7 Å². The number of aliphatic carboxylic acids is 1. The van der Waals surface area contributed by atoms with Crippen LogP contribution in [-0.2, 0) is 4.79 Å². The highest BCUT2D eigenvalue weighted by molar-refractivity contribution is 9.10. The van der Waals surface area contributed by atoms with Crippen LogP contribution in [0.3, 0.4) is 0 Å². The predicted octanol–water partition coefficient (Wildman–Crippen LogP) is 2.57. The number of carbonyl (C=O) groups excluding carboxylic acids is 1. The normalized spacial score (nSPS) is 10.5. The van der Waals surface area contributed by atoms with Gasteiger partial charge in [0.25, 0.3) is 5.91 Å². The highest BCUT2D eigenvalue weighted by Crippen LogP contribution is 2.16. The molecule has 0 fully saturated rings. The third kappa shape index (κ3) is 3.94. The first-order chi connectivity index (χ1) is 10.5. The van der Waals surface area contributed by atoms with Crippen molar-refractivity contribution < 1.29 is 14.7 Å². The zero-order valence-corrected chi connectivity index (χ0v) is 13.7. The number of carbonyl (C=O) groups is 2. The van der Waals surface area contributed by atoms with Crippen LogP contribution in [0.15, 0.2) is 41.1 Å². The van der Waals surface area contributed by atoms with Crippen molar-refractivity contribution in [2.45, 2.75) is 13.3 Å². The molecule has 0 saturated carbocycles. The summed E-state index contributed by atoms with van der Waals surface area (Å²) >= 11 is 3.38. The van der Waals surface area contributed by atoms with E-state index in [0.29, 0.717) is 18.5 Å². The van der Waals surface area contributed by atoms with E-state index in [1.54, 1.807) is 10.9 Å².